The fraction of sp³-hybridized carbons (Fsp3) is 0.167. The normalized spacial score (nSPS) is 10.1. The van der Waals surface area contributed by atoms with Crippen LogP contribution in [0.15, 0.2) is 15.0 Å². The minimum Gasteiger partial charge on any atom is -0.390 e. The molecule has 3 N–H and O–H groups in total. The van der Waals surface area contributed by atoms with E-state index in [-0.39, 0.29) is 6.61 Å². The van der Waals surface area contributed by atoms with Crippen LogP contribution < -0.4 is 5.73 Å². The van der Waals surface area contributed by atoms with Crippen LogP contribution in [0.3, 0.4) is 0 Å². The van der Waals surface area contributed by atoms with Crippen LogP contribution in [0.5, 0.6) is 0 Å². The first kappa shape index (κ1) is 8.96. The standard InChI is InChI=1S/C6H6Br2N2O/c7-3-1-4(8)6(9)10-5(3)2-11/h1,11H,2H2,(H2,9,10). The summed E-state index contributed by atoms with van der Waals surface area (Å²) in [5.41, 5.74) is 6.02. The number of aromatic nitrogens is 1. The van der Waals surface area contributed by atoms with Crippen molar-refractivity contribution >= 4 is 37.7 Å². The molecule has 0 saturated heterocycles. The molecule has 0 bridgehead atoms. The van der Waals surface area contributed by atoms with Gasteiger partial charge in [0, 0.05) is 4.47 Å². The smallest absolute Gasteiger partial charge is 0.138 e. The molecule has 0 aliphatic heterocycles. The molecule has 5 heteroatoms. The van der Waals surface area contributed by atoms with Gasteiger partial charge in [-0.2, -0.15) is 0 Å². The van der Waals surface area contributed by atoms with E-state index in [1.165, 1.54) is 0 Å². The lowest BCUT2D eigenvalue weighted by Gasteiger charge is -2.02. The third-order valence-electron chi connectivity index (χ3n) is 1.18. The third-order valence-corrected chi connectivity index (χ3v) is 2.50. The number of aliphatic hydroxyl groups excluding tert-OH is 1. The first-order chi connectivity index (χ1) is 5.15. The van der Waals surface area contributed by atoms with Gasteiger partial charge in [-0.05, 0) is 37.9 Å². The van der Waals surface area contributed by atoms with E-state index in [0.717, 1.165) is 8.95 Å². The molecular formula is C6H6Br2N2O. The second-order valence-corrected chi connectivity index (χ2v) is 3.65. The fourth-order valence-corrected chi connectivity index (χ4v) is 1.70. The van der Waals surface area contributed by atoms with Crippen LogP contribution in [0.1, 0.15) is 5.69 Å². The van der Waals surface area contributed by atoms with Crippen LogP contribution in [0.2, 0.25) is 0 Å². The van der Waals surface area contributed by atoms with Crippen LogP contribution in [0.25, 0.3) is 0 Å². The first-order valence-electron chi connectivity index (χ1n) is 2.86. The number of anilines is 1. The van der Waals surface area contributed by atoms with Crippen molar-refractivity contribution in [2.45, 2.75) is 6.61 Å². The Labute approximate surface area is 80.9 Å². The van der Waals surface area contributed by atoms with Crippen molar-refractivity contribution in [2.24, 2.45) is 0 Å². The van der Waals surface area contributed by atoms with Gasteiger partial charge >= 0.3 is 0 Å². The van der Waals surface area contributed by atoms with Crippen LogP contribution in [-0.2, 0) is 6.61 Å². The van der Waals surface area contributed by atoms with E-state index in [1.807, 2.05) is 0 Å². The number of rotatable bonds is 1. The van der Waals surface area contributed by atoms with Crippen molar-refractivity contribution < 1.29 is 5.11 Å². The van der Waals surface area contributed by atoms with Gasteiger partial charge in [-0.25, -0.2) is 4.98 Å². The highest BCUT2D eigenvalue weighted by Gasteiger charge is 2.04. The van der Waals surface area contributed by atoms with Gasteiger partial charge in [0.05, 0.1) is 16.8 Å². The SMILES string of the molecule is Nc1nc(CO)c(Br)cc1Br. The second-order valence-electron chi connectivity index (χ2n) is 1.94. The number of hydrogen-bond acceptors (Lipinski definition) is 3. The number of nitrogens with zero attached hydrogens (tertiary/aromatic N) is 1. The Morgan fingerprint density at radius 1 is 1.45 bits per heavy atom. The molecule has 0 atom stereocenters. The molecule has 1 aromatic heterocycles. The zero-order valence-corrected chi connectivity index (χ0v) is 8.68. The molecule has 0 aliphatic rings. The summed E-state index contributed by atoms with van der Waals surface area (Å²) in [6.45, 7) is -0.113. The lowest BCUT2D eigenvalue weighted by molar-refractivity contribution is 0.276. The summed E-state index contributed by atoms with van der Waals surface area (Å²) in [5, 5.41) is 8.77. The van der Waals surface area contributed by atoms with E-state index in [1.54, 1.807) is 6.07 Å². The summed E-state index contributed by atoms with van der Waals surface area (Å²) in [7, 11) is 0. The molecule has 1 rings (SSSR count). The first-order valence-corrected chi connectivity index (χ1v) is 4.45. The molecule has 11 heavy (non-hydrogen) atoms. The monoisotopic (exact) mass is 280 g/mol. The minimum absolute atomic E-state index is 0.113. The molecule has 1 aromatic rings. The van der Waals surface area contributed by atoms with Gasteiger partial charge in [-0.3, -0.25) is 0 Å². The Kier molecular flexibility index (Phi) is 2.86. The predicted octanol–water partition coefficient (Wildman–Crippen LogP) is 1.68. The van der Waals surface area contributed by atoms with E-state index in [0.29, 0.717) is 11.5 Å². The van der Waals surface area contributed by atoms with E-state index in [9.17, 15) is 0 Å². The molecule has 0 spiro atoms. The van der Waals surface area contributed by atoms with Gasteiger partial charge in [0.25, 0.3) is 0 Å². The number of hydrogen-bond donors (Lipinski definition) is 2. The van der Waals surface area contributed by atoms with E-state index in [4.69, 9.17) is 10.8 Å². The zero-order valence-electron chi connectivity index (χ0n) is 5.51. The molecule has 0 saturated carbocycles. The molecule has 0 aromatic carbocycles. The Bertz CT molecular complexity index is 278. The summed E-state index contributed by atoms with van der Waals surface area (Å²) < 4.78 is 1.47. The lowest BCUT2D eigenvalue weighted by atomic mass is 10.3. The van der Waals surface area contributed by atoms with Crippen LogP contribution in [-0.4, -0.2) is 10.1 Å². The second kappa shape index (κ2) is 3.51. The third kappa shape index (κ3) is 1.91. The van der Waals surface area contributed by atoms with Gasteiger partial charge in [0.2, 0.25) is 0 Å². The molecule has 0 radical (unpaired) electrons. The number of halogens is 2. The van der Waals surface area contributed by atoms with Gasteiger partial charge in [-0.15, -0.1) is 0 Å². The van der Waals surface area contributed by atoms with Crippen molar-refractivity contribution in [3.63, 3.8) is 0 Å². The molecule has 0 fully saturated rings. The Morgan fingerprint density at radius 3 is 2.64 bits per heavy atom. The maximum Gasteiger partial charge on any atom is 0.138 e. The average molecular weight is 282 g/mol. The summed E-state index contributed by atoms with van der Waals surface area (Å²) in [4.78, 5) is 3.92. The molecule has 0 amide bonds. The summed E-state index contributed by atoms with van der Waals surface area (Å²) >= 11 is 6.44. The number of pyridine rings is 1. The topological polar surface area (TPSA) is 59.1 Å². The molecule has 0 unspecified atom stereocenters. The van der Waals surface area contributed by atoms with Crippen LogP contribution >= 0.6 is 31.9 Å². The van der Waals surface area contributed by atoms with E-state index >= 15 is 0 Å². The summed E-state index contributed by atoms with van der Waals surface area (Å²) in [6.07, 6.45) is 0. The van der Waals surface area contributed by atoms with Crippen molar-refractivity contribution in [2.75, 3.05) is 5.73 Å². The highest BCUT2D eigenvalue weighted by atomic mass is 79.9. The van der Waals surface area contributed by atoms with E-state index in [2.05, 4.69) is 36.8 Å². The van der Waals surface area contributed by atoms with Crippen molar-refractivity contribution in [3.8, 4) is 0 Å². The van der Waals surface area contributed by atoms with Gasteiger partial charge in [0.1, 0.15) is 5.82 Å². The zero-order chi connectivity index (χ0) is 8.43. The largest absolute Gasteiger partial charge is 0.390 e. The Hall–Kier alpha value is -0.130. The molecule has 0 aliphatic carbocycles. The summed E-state index contributed by atoms with van der Waals surface area (Å²) in [5.74, 6) is 0.386. The summed E-state index contributed by atoms with van der Waals surface area (Å²) in [6, 6.07) is 1.76. The van der Waals surface area contributed by atoms with Gasteiger partial charge < -0.3 is 10.8 Å². The highest BCUT2D eigenvalue weighted by Crippen LogP contribution is 2.24. The van der Waals surface area contributed by atoms with Crippen LogP contribution in [0, 0.1) is 0 Å². The quantitative estimate of drug-likeness (QED) is 0.823. The lowest BCUT2D eigenvalue weighted by Crippen LogP contribution is -1.97. The average Bonchev–Trinajstić information content (AvgIpc) is 1.97. The minimum atomic E-state index is -0.113. The van der Waals surface area contributed by atoms with Gasteiger partial charge in [-0.1, -0.05) is 0 Å². The predicted molar refractivity (Wildman–Crippen MR) is 50.0 cm³/mol. The Morgan fingerprint density at radius 2 is 2.09 bits per heavy atom. The van der Waals surface area contributed by atoms with Gasteiger partial charge in [0.15, 0.2) is 0 Å². The Balaban J connectivity index is 3.21. The number of aliphatic hydroxyl groups is 1. The fourth-order valence-electron chi connectivity index (χ4n) is 0.632. The number of nitrogen functional groups attached to an aromatic ring is 1. The maximum absolute atomic E-state index is 8.77. The van der Waals surface area contributed by atoms with Crippen LogP contribution in [0.4, 0.5) is 5.82 Å². The number of nitrogens with two attached hydrogens (primary N) is 1. The van der Waals surface area contributed by atoms with Crippen molar-refractivity contribution in [3.05, 3.63) is 20.7 Å². The van der Waals surface area contributed by atoms with E-state index < -0.39 is 0 Å². The molecular weight excluding hydrogens is 276 g/mol. The molecule has 60 valence electrons. The maximum atomic E-state index is 8.77. The van der Waals surface area contributed by atoms with Crippen molar-refractivity contribution in [1.29, 1.82) is 0 Å². The molecule has 3 nitrogen and oxygen atoms in total. The highest BCUT2D eigenvalue weighted by molar-refractivity contribution is 9.11. The molecule has 1 heterocycles. The van der Waals surface area contributed by atoms with Crippen molar-refractivity contribution in [1.82, 2.24) is 4.98 Å².